The molecule has 32 heavy (non-hydrogen) atoms. The van der Waals surface area contributed by atoms with Gasteiger partial charge in [0.1, 0.15) is 5.75 Å². The molecule has 0 spiro atoms. The Hall–Kier alpha value is -3.52. The highest BCUT2D eigenvalue weighted by molar-refractivity contribution is 5.77. The second-order valence-corrected chi connectivity index (χ2v) is 7.21. The van der Waals surface area contributed by atoms with E-state index in [1.807, 2.05) is 30.3 Å². The number of hydrogen-bond donors (Lipinski definition) is 2. The maximum Gasteiger partial charge on any atom is 0.348 e. The second kappa shape index (κ2) is 9.74. The molecule has 6 nitrogen and oxygen atoms in total. The molecule has 0 saturated carbocycles. The fraction of sp³-hybridized carbons (Fsp3) is 0.250. The summed E-state index contributed by atoms with van der Waals surface area (Å²) in [6.07, 6.45) is 0.134. The number of carbonyl (C=O) groups is 1. The number of pyridine rings is 1. The van der Waals surface area contributed by atoms with Gasteiger partial charge in [-0.05, 0) is 47.7 Å². The average molecular weight is 442 g/mol. The zero-order valence-corrected chi connectivity index (χ0v) is 17.8. The summed E-state index contributed by atoms with van der Waals surface area (Å²) >= 11 is 0. The number of halogens is 2. The number of carboxylic acid groups (broad SMARTS) is 1. The molecule has 0 aliphatic heterocycles. The van der Waals surface area contributed by atoms with Crippen molar-refractivity contribution in [1.82, 2.24) is 4.98 Å². The van der Waals surface area contributed by atoms with Crippen LogP contribution in [0.15, 0.2) is 54.6 Å². The summed E-state index contributed by atoms with van der Waals surface area (Å²) in [5.74, 6) is -4.32. The maximum atomic E-state index is 14.4. The lowest BCUT2D eigenvalue weighted by Crippen LogP contribution is -2.43. The van der Waals surface area contributed by atoms with E-state index in [0.29, 0.717) is 12.6 Å². The molecule has 0 fully saturated rings. The highest BCUT2D eigenvalue weighted by Gasteiger charge is 2.39. The Morgan fingerprint density at radius 3 is 2.25 bits per heavy atom. The summed E-state index contributed by atoms with van der Waals surface area (Å²) in [6.45, 7) is 3.59. The monoisotopic (exact) mass is 442 g/mol. The van der Waals surface area contributed by atoms with Crippen molar-refractivity contribution in [1.29, 1.82) is 0 Å². The summed E-state index contributed by atoms with van der Waals surface area (Å²) in [6, 6.07) is 15.0. The van der Waals surface area contributed by atoms with Crippen LogP contribution in [0.5, 0.6) is 17.5 Å². The third-order valence-corrected chi connectivity index (χ3v) is 5.23. The number of aliphatic carboxylic acids is 1. The average Bonchev–Trinajstić information content (AvgIpc) is 2.80. The Bertz CT molecular complexity index is 1120. The van der Waals surface area contributed by atoms with Crippen LogP contribution in [-0.2, 0) is 11.3 Å². The van der Waals surface area contributed by atoms with E-state index < -0.39 is 35.0 Å². The smallest absolute Gasteiger partial charge is 0.348 e. The van der Waals surface area contributed by atoms with Gasteiger partial charge in [-0.3, -0.25) is 0 Å². The maximum absolute atomic E-state index is 14.4. The Labute approximate surface area is 184 Å². The predicted molar refractivity (Wildman–Crippen MR) is 116 cm³/mol. The first kappa shape index (κ1) is 23.1. The van der Waals surface area contributed by atoms with Gasteiger partial charge in [0.2, 0.25) is 5.60 Å². The van der Waals surface area contributed by atoms with Crippen molar-refractivity contribution in [2.45, 2.75) is 38.8 Å². The lowest BCUT2D eigenvalue weighted by Gasteiger charge is -2.27. The molecule has 0 bridgehead atoms. The van der Waals surface area contributed by atoms with Crippen LogP contribution in [0.4, 0.5) is 8.78 Å². The molecule has 3 N–H and O–H groups in total. The van der Waals surface area contributed by atoms with Gasteiger partial charge in [0.05, 0.1) is 0 Å². The van der Waals surface area contributed by atoms with Gasteiger partial charge >= 0.3 is 5.97 Å². The molecule has 0 atom stereocenters. The van der Waals surface area contributed by atoms with E-state index in [0.717, 1.165) is 16.7 Å². The summed E-state index contributed by atoms with van der Waals surface area (Å²) in [5.41, 5.74) is 6.67. The number of nitrogens with two attached hydrogens (primary N) is 1. The Morgan fingerprint density at radius 2 is 1.62 bits per heavy atom. The van der Waals surface area contributed by atoms with Gasteiger partial charge in [-0.1, -0.05) is 44.2 Å². The normalized spacial score (nSPS) is 11.3. The molecule has 0 aliphatic rings. The fourth-order valence-corrected chi connectivity index (χ4v) is 3.23. The van der Waals surface area contributed by atoms with Crippen molar-refractivity contribution in [3.05, 3.63) is 71.8 Å². The molecule has 0 radical (unpaired) electrons. The third-order valence-electron chi connectivity index (χ3n) is 5.23. The minimum Gasteiger partial charge on any atom is -0.478 e. The van der Waals surface area contributed by atoms with Gasteiger partial charge in [-0.15, -0.1) is 0 Å². The van der Waals surface area contributed by atoms with E-state index in [2.05, 4.69) is 4.98 Å². The van der Waals surface area contributed by atoms with Crippen LogP contribution < -0.4 is 15.2 Å². The number of carboxylic acids is 1. The van der Waals surface area contributed by atoms with Gasteiger partial charge in [0, 0.05) is 12.6 Å². The fourth-order valence-electron chi connectivity index (χ4n) is 3.23. The van der Waals surface area contributed by atoms with E-state index in [9.17, 15) is 18.7 Å². The van der Waals surface area contributed by atoms with Crippen LogP contribution in [0, 0.1) is 11.6 Å². The Kier molecular flexibility index (Phi) is 7.05. The second-order valence-electron chi connectivity index (χ2n) is 7.21. The molecule has 168 valence electrons. The first-order chi connectivity index (χ1) is 15.3. The highest BCUT2D eigenvalue weighted by atomic mass is 19.1. The first-order valence-electron chi connectivity index (χ1n) is 10.2. The van der Waals surface area contributed by atoms with E-state index in [1.165, 1.54) is 0 Å². The van der Waals surface area contributed by atoms with Crippen LogP contribution in [0.3, 0.4) is 0 Å². The van der Waals surface area contributed by atoms with E-state index >= 15 is 0 Å². The van der Waals surface area contributed by atoms with Gasteiger partial charge in [-0.2, -0.15) is 4.98 Å². The molecule has 0 aliphatic carbocycles. The van der Waals surface area contributed by atoms with Crippen LogP contribution >= 0.6 is 0 Å². The third kappa shape index (κ3) is 4.86. The van der Waals surface area contributed by atoms with Gasteiger partial charge in [-0.25, -0.2) is 13.6 Å². The standard InChI is InChI=1S/C24H24F2N2O4/c1-3-24(4-2,23(29)30)32-22-20(26)13-19(25)21(28-22)31-18-10-6-9-17(12-18)16-8-5-7-15(11-16)14-27/h5-13H,3-4,14,27H2,1-2H3,(H,29,30). The number of aromatic nitrogens is 1. The van der Waals surface area contributed by atoms with Crippen LogP contribution in [0.25, 0.3) is 11.1 Å². The van der Waals surface area contributed by atoms with Crippen molar-refractivity contribution in [3.63, 3.8) is 0 Å². The van der Waals surface area contributed by atoms with Crippen molar-refractivity contribution < 1.29 is 28.2 Å². The summed E-state index contributed by atoms with van der Waals surface area (Å²) in [7, 11) is 0. The molecule has 1 aromatic heterocycles. The van der Waals surface area contributed by atoms with Gasteiger partial charge < -0.3 is 20.3 Å². The van der Waals surface area contributed by atoms with Crippen molar-refractivity contribution in [3.8, 4) is 28.6 Å². The van der Waals surface area contributed by atoms with Gasteiger partial charge in [0.15, 0.2) is 11.6 Å². The minimum absolute atomic E-state index is 0.0669. The van der Waals surface area contributed by atoms with Gasteiger partial charge in [0.25, 0.3) is 11.8 Å². The van der Waals surface area contributed by atoms with E-state index in [-0.39, 0.29) is 18.6 Å². The molecular formula is C24H24F2N2O4. The van der Waals surface area contributed by atoms with E-state index in [4.69, 9.17) is 15.2 Å². The molecule has 0 unspecified atom stereocenters. The first-order valence-corrected chi connectivity index (χ1v) is 10.2. The van der Waals surface area contributed by atoms with Crippen molar-refractivity contribution in [2.75, 3.05) is 0 Å². The highest BCUT2D eigenvalue weighted by Crippen LogP contribution is 2.32. The number of ether oxygens (including phenoxy) is 2. The Morgan fingerprint density at radius 1 is 1.00 bits per heavy atom. The topological polar surface area (TPSA) is 94.7 Å². The molecule has 2 aromatic carbocycles. The SMILES string of the molecule is CCC(CC)(Oc1nc(Oc2cccc(-c3cccc(CN)c3)c2)c(F)cc1F)C(=O)O. The molecule has 3 aromatic rings. The number of rotatable bonds is 9. The summed E-state index contributed by atoms with van der Waals surface area (Å²) < 4.78 is 39.6. The zero-order valence-electron chi connectivity index (χ0n) is 17.8. The molecule has 8 heteroatoms. The van der Waals surface area contributed by atoms with Crippen molar-refractivity contribution in [2.24, 2.45) is 5.73 Å². The Balaban J connectivity index is 1.93. The molecule has 1 heterocycles. The zero-order chi connectivity index (χ0) is 23.3. The van der Waals surface area contributed by atoms with Crippen LogP contribution in [0.1, 0.15) is 32.3 Å². The molecule has 0 amide bonds. The predicted octanol–water partition coefficient (Wildman–Crippen LogP) is 5.30. The van der Waals surface area contributed by atoms with Crippen molar-refractivity contribution >= 4 is 5.97 Å². The number of nitrogens with zero attached hydrogens (tertiary/aromatic N) is 1. The molecule has 0 saturated heterocycles. The lowest BCUT2D eigenvalue weighted by atomic mass is 9.97. The lowest BCUT2D eigenvalue weighted by molar-refractivity contribution is -0.156. The minimum atomic E-state index is -1.68. The number of benzene rings is 2. The summed E-state index contributed by atoms with van der Waals surface area (Å²) in [4.78, 5) is 15.5. The largest absolute Gasteiger partial charge is 0.478 e. The van der Waals surface area contributed by atoms with E-state index in [1.54, 1.807) is 32.0 Å². The molecular weight excluding hydrogens is 418 g/mol. The summed E-state index contributed by atoms with van der Waals surface area (Å²) in [5, 5.41) is 9.52. The molecule has 3 rings (SSSR count). The van der Waals surface area contributed by atoms with Crippen LogP contribution in [0.2, 0.25) is 0 Å². The number of hydrogen-bond acceptors (Lipinski definition) is 5. The van der Waals surface area contributed by atoms with Crippen LogP contribution in [-0.4, -0.2) is 21.7 Å². The quantitative estimate of drug-likeness (QED) is 0.467.